The van der Waals surface area contributed by atoms with Crippen molar-refractivity contribution in [3.8, 4) is 11.4 Å². The first kappa shape index (κ1) is 20.0. The molecule has 0 atom stereocenters. The van der Waals surface area contributed by atoms with Crippen molar-refractivity contribution >= 4 is 17.9 Å². The van der Waals surface area contributed by atoms with Crippen LogP contribution in [-0.2, 0) is 6.18 Å². The molecule has 1 aromatic heterocycles. The molecule has 2 amide bonds. The summed E-state index contributed by atoms with van der Waals surface area (Å²) in [7, 11) is 1.48. The Morgan fingerprint density at radius 3 is 2.66 bits per heavy atom. The molecule has 0 spiro atoms. The van der Waals surface area contributed by atoms with Gasteiger partial charge in [0.1, 0.15) is 5.75 Å². The molecule has 0 bridgehead atoms. The molecular formula is C20H17F3N4O2. The third-order valence-corrected chi connectivity index (χ3v) is 3.95. The molecule has 0 aliphatic rings. The minimum atomic E-state index is -4.43. The largest absolute Gasteiger partial charge is 0.495 e. The molecule has 3 aromatic rings. The normalized spacial score (nSPS) is 11.4. The lowest BCUT2D eigenvalue weighted by Gasteiger charge is -2.11. The number of anilines is 1. The summed E-state index contributed by atoms with van der Waals surface area (Å²) in [6.45, 7) is 0. The molecule has 1 heterocycles. The van der Waals surface area contributed by atoms with Gasteiger partial charge in [-0.15, -0.1) is 0 Å². The Hall–Kier alpha value is -3.75. The molecular weight excluding hydrogens is 385 g/mol. The van der Waals surface area contributed by atoms with Gasteiger partial charge >= 0.3 is 12.2 Å². The van der Waals surface area contributed by atoms with Crippen LogP contribution in [0.3, 0.4) is 0 Å². The Labute approximate surface area is 164 Å². The molecule has 0 unspecified atom stereocenters. The van der Waals surface area contributed by atoms with Crippen LogP contribution < -0.4 is 15.5 Å². The maximum Gasteiger partial charge on any atom is 0.416 e. The number of rotatable bonds is 5. The smallest absolute Gasteiger partial charge is 0.416 e. The summed E-state index contributed by atoms with van der Waals surface area (Å²) < 4.78 is 45.5. The van der Waals surface area contributed by atoms with Gasteiger partial charge in [-0.1, -0.05) is 18.2 Å². The van der Waals surface area contributed by atoms with Crippen molar-refractivity contribution in [2.45, 2.75) is 6.18 Å². The summed E-state index contributed by atoms with van der Waals surface area (Å²) in [5.74, 6) is 0.491. The zero-order valence-corrected chi connectivity index (χ0v) is 15.3. The number of halogens is 3. The van der Waals surface area contributed by atoms with Gasteiger partial charge in [0.25, 0.3) is 0 Å². The zero-order chi connectivity index (χ0) is 20.9. The fraction of sp³-hybridized carbons (Fsp3) is 0.100. The predicted octanol–water partition coefficient (Wildman–Crippen LogP) is 4.66. The lowest BCUT2D eigenvalue weighted by atomic mass is 10.2. The molecule has 0 fully saturated rings. The number of ether oxygens (including phenoxy) is 1. The standard InChI is InChI=1S/C20H17F3N4O2/c1-29-18-10-3-2-9-17(18)25-19(28)26-24-13-16-8-5-11-27(16)15-7-4-6-14(12-15)20(21,22)23/h2-13H,1H3,(H2,25,26,28)/b24-13+. The molecule has 2 N–H and O–H groups in total. The Morgan fingerprint density at radius 2 is 1.90 bits per heavy atom. The highest BCUT2D eigenvalue weighted by Gasteiger charge is 2.30. The summed E-state index contributed by atoms with van der Waals surface area (Å²) in [5.41, 5.74) is 2.84. The molecule has 0 aliphatic heterocycles. The van der Waals surface area contributed by atoms with Gasteiger partial charge in [0.05, 0.1) is 30.3 Å². The maximum atomic E-state index is 12.9. The molecule has 9 heteroatoms. The molecule has 3 rings (SSSR count). The lowest BCUT2D eigenvalue weighted by molar-refractivity contribution is -0.137. The topological polar surface area (TPSA) is 67.7 Å². The van der Waals surface area contributed by atoms with Crippen LogP contribution in [0.4, 0.5) is 23.7 Å². The van der Waals surface area contributed by atoms with Crippen LogP contribution >= 0.6 is 0 Å². The molecule has 0 aliphatic carbocycles. The van der Waals surface area contributed by atoms with Gasteiger partial charge in [-0.2, -0.15) is 18.3 Å². The van der Waals surface area contributed by atoms with Gasteiger partial charge in [0.2, 0.25) is 0 Å². The summed E-state index contributed by atoms with van der Waals surface area (Å²) in [6, 6.07) is 14.5. The number of carbonyl (C=O) groups excluding carboxylic acids is 1. The van der Waals surface area contributed by atoms with E-state index in [0.29, 0.717) is 22.8 Å². The highest BCUT2D eigenvalue weighted by molar-refractivity contribution is 5.91. The van der Waals surface area contributed by atoms with Crippen molar-refractivity contribution < 1.29 is 22.7 Å². The number of hydrogen-bond acceptors (Lipinski definition) is 3. The van der Waals surface area contributed by atoms with Crippen molar-refractivity contribution in [2.24, 2.45) is 5.10 Å². The van der Waals surface area contributed by atoms with Crippen LogP contribution in [-0.4, -0.2) is 23.9 Å². The first-order valence-corrected chi connectivity index (χ1v) is 8.46. The average Bonchev–Trinajstić information content (AvgIpc) is 3.16. The lowest BCUT2D eigenvalue weighted by Crippen LogP contribution is -2.24. The van der Waals surface area contributed by atoms with E-state index in [2.05, 4.69) is 15.8 Å². The van der Waals surface area contributed by atoms with Gasteiger partial charge in [0, 0.05) is 11.9 Å². The van der Waals surface area contributed by atoms with Crippen LogP contribution in [0, 0.1) is 0 Å². The van der Waals surface area contributed by atoms with E-state index in [1.54, 1.807) is 48.7 Å². The summed E-state index contributed by atoms with van der Waals surface area (Å²) in [6.07, 6.45) is -1.50. The molecule has 0 saturated carbocycles. The van der Waals surface area contributed by atoms with Crippen molar-refractivity contribution in [3.05, 3.63) is 78.1 Å². The molecule has 150 valence electrons. The van der Waals surface area contributed by atoms with E-state index in [-0.39, 0.29) is 0 Å². The number of carbonyl (C=O) groups is 1. The number of nitrogens with one attached hydrogen (secondary N) is 2. The van der Waals surface area contributed by atoms with Crippen molar-refractivity contribution in [1.82, 2.24) is 9.99 Å². The van der Waals surface area contributed by atoms with Crippen LogP contribution in [0.1, 0.15) is 11.3 Å². The maximum absolute atomic E-state index is 12.9. The molecule has 6 nitrogen and oxygen atoms in total. The van der Waals surface area contributed by atoms with E-state index < -0.39 is 17.8 Å². The first-order chi connectivity index (χ1) is 13.9. The average molecular weight is 402 g/mol. The number of alkyl halides is 3. The molecule has 0 radical (unpaired) electrons. The summed E-state index contributed by atoms with van der Waals surface area (Å²) in [4.78, 5) is 12.0. The zero-order valence-electron chi connectivity index (χ0n) is 15.3. The predicted molar refractivity (Wildman–Crippen MR) is 104 cm³/mol. The number of para-hydroxylation sites is 2. The van der Waals surface area contributed by atoms with Crippen molar-refractivity contribution in [2.75, 3.05) is 12.4 Å². The van der Waals surface area contributed by atoms with E-state index in [9.17, 15) is 18.0 Å². The number of urea groups is 1. The van der Waals surface area contributed by atoms with Gasteiger partial charge in [-0.25, -0.2) is 10.2 Å². The second-order valence-electron chi connectivity index (χ2n) is 5.88. The first-order valence-electron chi connectivity index (χ1n) is 8.46. The molecule has 0 saturated heterocycles. The Balaban J connectivity index is 1.70. The van der Waals surface area contributed by atoms with Crippen LogP contribution in [0.25, 0.3) is 5.69 Å². The van der Waals surface area contributed by atoms with E-state index in [1.165, 1.54) is 24.0 Å². The molecule has 29 heavy (non-hydrogen) atoms. The second kappa shape index (κ2) is 8.51. The van der Waals surface area contributed by atoms with Crippen LogP contribution in [0.2, 0.25) is 0 Å². The van der Waals surface area contributed by atoms with Gasteiger partial charge < -0.3 is 14.6 Å². The second-order valence-corrected chi connectivity index (χ2v) is 5.88. The molecule has 2 aromatic carbocycles. The third kappa shape index (κ3) is 4.95. The number of amides is 2. The minimum Gasteiger partial charge on any atom is -0.495 e. The third-order valence-electron chi connectivity index (χ3n) is 3.95. The monoisotopic (exact) mass is 402 g/mol. The Bertz CT molecular complexity index is 1030. The van der Waals surface area contributed by atoms with E-state index in [4.69, 9.17) is 4.74 Å². The van der Waals surface area contributed by atoms with Gasteiger partial charge in [-0.3, -0.25) is 0 Å². The van der Waals surface area contributed by atoms with Gasteiger partial charge in [-0.05, 0) is 42.5 Å². The van der Waals surface area contributed by atoms with Crippen LogP contribution in [0.15, 0.2) is 72.0 Å². The Morgan fingerprint density at radius 1 is 1.10 bits per heavy atom. The number of hydrogen-bond donors (Lipinski definition) is 2. The quantitative estimate of drug-likeness (QED) is 0.482. The SMILES string of the molecule is COc1ccccc1NC(=O)N/N=C/c1cccn1-c1cccc(C(F)(F)F)c1. The summed E-state index contributed by atoms with van der Waals surface area (Å²) in [5, 5.41) is 6.44. The number of nitrogens with zero attached hydrogens (tertiary/aromatic N) is 2. The fourth-order valence-electron chi connectivity index (χ4n) is 2.62. The number of benzene rings is 2. The van der Waals surface area contributed by atoms with E-state index in [1.807, 2.05) is 0 Å². The number of methoxy groups -OCH3 is 1. The van der Waals surface area contributed by atoms with Crippen LogP contribution in [0.5, 0.6) is 5.75 Å². The number of hydrazone groups is 1. The van der Waals surface area contributed by atoms with E-state index in [0.717, 1.165) is 12.1 Å². The van der Waals surface area contributed by atoms with E-state index >= 15 is 0 Å². The fourth-order valence-corrected chi connectivity index (χ4v) is 2.62. The Kier molecular flexibility index (Phi) is 5.87. The highest BCUT2D eigenvalue weighted by atomic mass is 19.4. The number of aromatic nitrogens is 1. The van der Waals surface area contributed by atoms with Gasteiger partial charge in [0.15, 0.2) is 0 Å². The summed E-state index contributed by atoms with van der Waals surface area (Å²) >= 11 is 0. The van der Waals surface area contributed by atoms with Crippen molar-refractivity contribution in [3.63, 3.8) is 0 Å². The minimum absolute atomic E-state index is 0.324. The van der Waals surface area contributed by atoms with Crippen molar-refractivity contribution in [1.29, 1.82) is 0 Å². The highest BCUT2D eigenvalue weighted by Crippen LogP contribution is 2.30.